The van der Waals surface area contributed by atoms with E-state index in [1.165, 1.54) is 161 Å². The highest BCUT2D eigenvalue weighted by Gasteiger charge is 2.38. The molecule has 9 heteroatoms. The lowest BCUT2D eigenvalue weighted by Gasteiger charge is -2.37. The third-order valence-electron chi connectivity index (χ3n) is 14.8. The van der Waals surface area contributed by atoms with Gasteiger partial charge in [-0.25, -0.2) is 0 Å². The number of likely N-dealkylation sites (tertiary alicyclic amines) is 1. The number of carbonyl (C=O) groups is 3. The molecule has 0 radical (unpaired) electrons. The van der Waals surface area contributed by atoms with Crippen molar-refractivity contribution in [3.63, 3.8) is 0 Å². The van der Waals surface area contributed by atoms with Gasteiger partial charge in [-0.3, -0.25) is 19.3 Å². The van der Waals surface area contributed by atoms with E-state index in [9.17, 15) is 19.5 Å². The lowest BCUT2D eigenvalue weighted by molar-refractivity contribution is -0.259. The van der Waals surface area contributed by atoms with Gasteiger partial charge in [0.05, 0.1) is 25.4 Å². The fourth-order valence-electron chi connectivity index (χ4n) is 10.3. The summed E-state index contributed by atoms with van der Waals surface area (Å²) in [5.41, 5.74) is 0. The quantitative estimate of drug-likeness (QED) is 0.0276. The Morgan fingerprint density at radius 1 is 0.471 bits per heavy atom. The Hall–Kier alpha value is -1.71. The molecule has 414 valence electrons. The highest BCUT2D eigenvalue weighted by Crippen LogP contribution is 2.34. The molecular formula is C61H117NO8. The average Bonchev–Trinajstić information content (AvgIpc) is 3.73. The fraction of sp³-hybridized carbons (Fsp3) is 0.951. The van der Waals surface area contributed by atoms with Crippen molar-refractivity contribution < 1.29 is 38.4 Å². The average molecular weight is 993 g/mol. The lowest BCUT2D eigenvalue weighted by Crippen LogP contribution is -2.42. The SMILES string of the molecule is CCCCCCCCCCCOC(=O)CCCCCN1C[C@@H](O)C[C@H]1C(=O)OCCCCC(=O)OC(CCCCCCCC)(CCCCCCCC)OC(CCCCCCCC)CCCCCCCC. The number of nitrogens with zero attached hydrogens (tertiary/aromatic N) is 1. The van der Waals surface area contributed by atoms with Crippen molar-refractivity contribution >= 4 is 17.9 Å². The number of rotatable bonds is 53. The van der Waals surface area contributed by atoms with E-state index in [4.69, 9.17) is 18.9 Å². The minimum atomic E-state index is -0.892. The van der Waals surface area contributed by atoms with Crippen molar-refractivity contribution in [3.8, 4) is 0 Å². The summed E-state index contributed by atoms with van der Waals surface area (Å²) in [4.78, 5) is 41.6. The molecule has 1 aliphatic rings. The molecule has 0 spiro atoms. The Bertz CT molecular complexity index is 1150. The number of hydrogen-bond donors (Lipinski definition) is 1. The molecule has 1 saturated heterocycles. The summed E-state index contributed by atoms with van der Waals surface area (Å²) < 4.78 is 25.2. The number of esters is 3. The molecule has 9 nitrogen and oxygen atoms in total. The Kier molecular flexibility index (Phi) is 45.7. The summed E-state index contributed by atoms with van der Waals surface area (Å²) in [6, 6.07) is -0.469. The van der Waals surface area contributed by atoms with Gasteiger partial charge in [0.2, 0.25) is 5.79 Å². The lowest BCUT2D eigenvalue weighted by atomic mass is 9.97. The second-order valence-electron chi connectivity index (χ2n) is 21.7. The van der Waals surface area contributed by atoms with E-state index in [1.54, 1.807) is 0 Å². The zero-order valence-corrected chi connectivity index (χ0v) is 47.1. The molecule has 0 aromatic heterocycles. The second-order valence-corrected chi connectivity index (χ2v) is 21.7. The highest BCUT2D eigenvalue weighted by molar-refractivity contribution is 5.76. The van der Waals surface area contributed by atoms with Crippen LogP contribution < -0.4 is 0 Å². The van der Waals surface area contributed by atoms with Crippen molar-refractivity contribution in [1.82, 2.24) is 4.90 Å². The molecule has 1 fully saturated rings. The van der Waals surface area contributed by atoms with Gasteiger partial charge in [-0.2, -0.15) is 0 Å². The Morgan fingerprint density at radius 3 is 1.36 bits per heavy atom. The number of carbonyl (C=O) groups excluding carboxylic acids is 3. The van der Waals surface area contributed by atoms with E-state index < -0.39 is 17.9 Å². The minimum Gasteiger partial charge on any atom is -0.466 e. The van der Waals surface area contributed by atoms with Gasteiger partial charge in [0.15, 0.2) is 0 Å². The molecule has 0 saturated carbocycles. The van der Waals surface area contributed by atoms with Crippen molar-refractivity contribution in [2.45, 2.75) is 348 Å². The smallest absolute Gasteiger partial charge is 0.323 e. The van der Waals surface area contributed by atoms with Crippen LogP contribution in [-0.4, -0.2) is 78.3 Å². The maximum Gasteiger partial charge on any atom is 0.323 e. The number of ether oxygens (including phenoxy) is 4. The predicted molar refractivity (Wildman–Crippen MR) is 293 cm³/mol. The van der Waals surface area contributed by atoms with Crippen LogP contribution in [0, 0.1) is 0 Å². The zero-order chi connectivity index (χ0) is 51.0. The van der Waals surface area contributed by atoms with Crippen molar-refractivity contribution in [3.05, 3.63) is 0 Å². The van der Waals surface area contributed by atoms with Gasteiger partial charge in [-0.1, -0.05) is 234 Å². The topological polar surface area (TPSA) is 112 Å². The number of hydrogen-bond acceptors (Lipinski definition) is 9. The standard InChI is InChI=1S/C61H117NO8/c1-6-11-16-21-26-27-28-33-42-51-67-58(64)46-37-34-41-50-62-54-55(63)53-57(62)60(66)68-52-43-38-47-59(65)70-61(48-39-31-24-19-14-9-4,49-40-32-25-20-15-10-5)69-56(44-35-29-22-17-12-7-2)45-36-30-23-18-13-8-3/h55-57,63H,6-54H2,1-5H3/t55-,57-/m0/s1. The first kappa shape index (κ1) is 66.3. The van der Waals surface area contributed by atoms with Crippen LogP contribution in [0.25, 0.3) is 0 Å². The van der Waals surface area contributed by atoms with Crippen LogP contribution in [0.5, 0.6) is 0 Å². The maximum absolute atomic E-state index is 13.9. The van der Waals surface area contributed by atoms with Crippen LogP contribution in [0.2, 0.25) is 0 Å². The number of aliphatic hydroxyl groups excluding tert-OH is 1. The molecule has 0 amide bonds. The van der Waals surface area contributed by atoms with E-state index in [-0.39, 0.29) is 37.0 Å². The highest BCUT2D eigenvalue weighted by atomic mass is 16.7. The Morgan fingerprint density at radius 2 is 0.857 bits per heavy atom. The van der Waals surface area contributed by atoms with E-state index >= 15 is 0 Å². The van der Waals surface area contributed by atoms with Crippen molar-refractivity contribution in [2.75, 3.05) is 26.3 Å². The van der Waals surface area contributed by atoms with Crippen LogP contribution in [0.3, 0.4) is 0 Å². The molecule has 1 heterocycles. The largest absolute Gasteiger partial charge is 0.466 e. The van der Waals surface area contributed by atoms with Gasteiger partial charge >= 0.3 is 17.9 Å². The second kappa shape index (κ2) is 48.2. The van der Waals surface area contributed by atoms with Crippen LogP contribution in [0.1, 0.15) is 324 Å². The van der Waals surface area contributed by atoms with E-state index in [2.05, 4.69) is 34.6 Å². The van der Waals surface area contributed by atoms with Gasteiger partial charge in [-0.05, 0) is 64.3 Å². The normalized spacial score (nSPS) is 15.3. The van der Waals surface area contributed by atoms with Crippen LogP contribution in [0.15, 0.2) is 0 Å². The van der Waals surface area contributed by atoms with Gasteiger partial charge in [-0.15, -0.1) is 0 Å². The monoisotopic (exact) mass is 992 g/mol. The Balaban J connectivity index is 2.77. The van der Waals surface area contributed by atoms with E-state index in [0.29, 0.717) is 45.4 Å². The first-order valence-corrected chi connectivity index (χ1v) is 30.9. The molecule has 1 aliphatic heterocycles. The third-order valence-corrected chi connectivity index (χ3v) is 14.8. The first-order valence-electron chi connectivity index (χ1n) is 30.9. The number of β-amino-alcohol motifs (C(OH)–C–C–N with tert-alkyl or cyclic N) is 1. The van der Waals surface area contributed by atoms with Crippen molar-refractivity contribution in [1.29, 1.82) is 0 Å². The molecule has 0 aromatic rings. The summed E-state index contributed by atoms with van der Waals surface area (Å²) in [5.74, 6) is -1.51. The molecule has 1 rings (SSSR count). The van der Waals surface area contributed by atoms with Gasteiger partial charge in [0.25, 0.3) is 0 Å². The summed E-state index contributed by atoms with van der Waals surface area (Å²) in [5, 5.41) is 10.5. The third kappa shape index (κ3) is 38.0. The fourth-order valence-corrected chi connectivity index (χ4v) is 10.3. The van der Waals surface area contributed by atoms with Crippen LogP contribution in [-0.2, 0) is 33.3 Å². The predicted octanol–water partition coefficient (Wildman–Crippen LogP) is 17.4. The maximum atomic E-state index is 13.9. The van der Waals surface area contributed by atoms with Crippen LogP contribution in [0.4, 0.5) is 0 Å². The summed E-state index contributed by atoms with van der Waals surface area (Å²) >= 11 is 0. The molecular weight excluding hydrogens is 875 g/mol. The molecule has 70 heavy (non-hydrogen) atoms. The van der Waals surface area contributed by atoms with Crippen molar-refractivity contribution in [2.24, 2.45) is 0 Å². The molecule has 2 atom stereocenters. The van der Waals surface area contributed by atoms with E-state index in [0.717, 1.165) is 96.3 Å². The summed E-state index contributed by atoms with van der Waals surface area (Å²) in [6.07, 6.45) is 48.3. The molecule has 0 unspecified atom stereocenters. The first-order chi connectivity index (χ1) is 34.2. The van der Waals surface area contributed by atoms with Gasteiger partial charge in [0.1, 0.15) is 6.04 Å². The molecule has 0 bridgehead atoms. The van der Waals surface area contributed by atoms with E-state index in [1.807, 2.05) is 4.90 Å². The summed E-state index contributed by atoms with van der Waals surface area (Å²) in [7, 11) is 0. The Labute approximate surface area is 433 Å². The van der Waals surface area contributed by atoms with Gasteiger partial charge < -0.3 is 24.1 Å². The molecule has 1 N–H and O–H groups in total. The molecule has 0 aliphatic carbocycles. The number of unbranched alkanes of at least 4 members (excludes halogenated alkanes) is 31. The van der Waals surface area contributed by atoms with Gasteiger partial charge in [0, 0.05) is 38.6 Å². The minimum absolute atomic E-state index is 0.0984. The molecule has 0 aromatic carbocycles. The van der Waals surface area contributed by atoms with Crippen LogP contribution >= 0.6 is 0 Å². The zero-order valence-electron chi connectivity index (χ0n) is 47.1. The number of aliphatic hydroxyl groups is 1. The summed E-state index contributed by atoms with van der Waals surface area (Å²) in [6.45, 7) is 13.2.